The van der Waals surface area contributed by atoms with E-state index in [9.17, 15) is 0 Å². The van der Waals surface area contributed by atoms with E-state index in [4.69, 9.17) is 9.47 Å². The first-order valence-corrected chi connectivity index (χ1v) is 9.49. The maximum Gasteiger partial charge on any atom is 0.127 e. The fourth-order valence-electron chi connectivity index (χ4n) is 4.64. The number of benzene rings is 4. The van der Waals surface area contributed by atoms with Crippen LogP contribution in [0.5, 0.6) is 11.5 Å². The fraction of sp³-hybridized carbons (Fsp3) is 0.200. The van der Waals surface area contributed by atoms with Crippen LogP contribution in [0.4, 0.5) is 0 Å². The third kappa shape index (κ3) is 2.40. The van der Waals surface area contributed by atoms with Crippen molar-refractivity contribution in [2.75, 3.05) is 14.2 Å². The number of aryl methyl sites for hydroxylation is 1. The van der Waals surface area contributed by atoms with E-state index in [1.54, 1.807) is 14.2 Å². The zero-order valence-electron chi connectivity index (χ0n) is 15.7. The second-order valence-electron chi connectivity index (χ2n) is 7.16. The Morgan fingerprint density at radius 3 is 2.33 bits per heavy atom. The summed E-state index contributed by atoms with van der Waals surface area (Å²) in [6.07, 6.45) is 3.39. The Labute approximate surface area is 159 Å². The molecule has 0 amide bonds. The lowest BCUT2D eigenvalue weighted by molar-refractivity contribution is 0.417. The van der Waals surface area contributed by atoms with E-state index in [2.05, 4.69) is 60.7 Å². The molecule has 0 saturated heterocycles. The predicted octanol–water partition coefficient (Wildman–Crippen LogP) is 6.17. The summed E-state index contributed by atoms with van der Waals surface area (Å²) in [4.78, 5) is 0. The molecule has 0 heterocycles. The number of fused-ring (bicyclic) bond motifs is 4. The van der Waals surface area contributed by atoms with Crippen molar-refractivity contribution in [3.63, 3.8) is 0 Å². The molecule has 0 saturated carbocycles. The van der Waals surface area contributed by atoms with Crippen LogP contribution in [0, 0.1) is 0 Å². The van der Waals surface area contributed by atoms with E-state index in [1.807, 2.05) is 0 Å². The molecule has 27 heavy (non-hydrogen) atoms. The largest absolute Gasteiger partial charge is 0.496 e. The van der Waals surface area contributed by atoms with Gasteiger partial charge in [-0.2, -0.15) is 0 Å². The minimum atomic E-state index is 0.935. The van der Waals surface area contributed by atoms with Gasteiger partial charge in [0.1, 0.15) is 11.5 Å². The van der Waals surface area contributed by atoms with Crippen LogP contribution in [-0.2, 0) is 12.8 Å². The standard InChI is InChI=1S/C25H22O2/c1-26-22-12-5-8-17-15-21(19-10-6-11-20(19)24(17)22)25-18-9-4-3-7-16(18)13-14-23(25)27-2/h3-5,7-9,12-15H,6,10-11H2,1-2H3. The number of ether oxygens (including phenoxy) is 2. The molecule has 1 aliphatic carbocycles. The van der Waals surface area contributed by atoms with Gasteiger partial charge in [0.2, 0.25) is 0 Å². The van der Waals surface area contributed by atoms with Gasteiger partial charge in [-0.15, -0.1) is 0 Å². The molecule has 4 aromatic rings. The highest BCUT2D eigenvalue weighted by molar-refractivity contribution is 6.05. The van der Waals surface area contributed by atoms with Crippen LogP contribution in [0.1, 0.15) is 17.5 Å². The summed E-state index contributed by atoms with van der Waals surface area (Å²) in [7, 11) is 3.52. The summed E-state index contributed by atoms with van der Waals surface area (Å²) >= 11 is 0. The lowest BCUT2D eigenvalue weighted by Gasteiger charge is -2.18. The molecule has 0 unspecified atom stereocenters. The molecule has 0 atom stereocenters. The summed E-state index contributed by atoms with van der Waals surface area (Å²) < 4.78 is 11.5. The predicted molar refractivity (Wildman–Crippen MR) is 112 cm³/mol. The summed E-state index contributed by atoms with van der Waals surface area (Å²) in [5.74, 6) is 1.91. The smallest absolute Gasteiger partial charge is 0.127 e. The van der Waals surface area contributed by atoms with Gasteiger partial charge in [0.15, 0.2) is 0 Å². The maximum absolute atomic E-state index is 5.80. The van der Waals surface area contributed by atoms with Crippen LogP contribution in [0.3, 0.4) is 0 Å². The molecule has 4 aromatic carbocycles. The monoisotopic (exact) mass is 354 g/mol. The Hall–Kier alpha value is -3.00. The van der Waals surface area contributed by atoms with Crippen molar-refractivity contribution in [2.24, 2.45) is 0 Å². The summed E-state index contributed by atoms with van der Waals surface area (Å²) in [6, 6.07) is 21.5. The first kappa shape index (κ1) is 16.2. The van der Waals surface area contributed by atoms with Crippen molar-refractivity contribution in [1.29, 1.82) is 0 Å². The van der Waals surface area contributed by atoms with E-state index in [1.165, 1.54) is 50.2 Å². The van der Waals surface area contributed by atoms with Crippen molar-refractivity contribution in [3.05, 3.63) is 71.8 Å². The summed E-state index contributed by atoms with van der Waals surface area (Å²) in [6.45, 7) is 0. The van der Waals surface area contributed by atoms with E-state index in [-0.39, 0.29) is 0 Å². The molecule has 134 valence electrons. The van der Waals surface area contributed by atoms with Gasteiger partial charge in [-0.3, -0.25) is 0 Å². The van der Waals surface area contributed by atoms with Crippen LogP contribution >= 0.6 is 0 Å². The van der Waals surface area contributed by atoms with Crippen LogP contribution < -0.4 is 9.47 Å². The van der Waals surface area contributed by atoms with Crippen molar-refractivity contribution in [1.82, 2.24) is 0 Å². The molecule has 0 fully saturated rings. The molecular weight excluding hydrogens is 332 g/mol. The fourth-order valence-corrected chi connectivity index (χ4v) is 4.64. The molecular formula is C25H22O2. The minimum absolute atomic E-state index is 0.935. The quantitative estimate of drug-likeness (QED) is 0.438. The van der Waals surface area contributed by atoms with Gasteiger partial charge in [0, 0.05) is 10.9 Å². The highest BCUT2D eigenvalue weighted by Crippen LogP contribution is 2.45. The number of rotatable bonds is 3. The van der Waals surface area contributed by atoms with Crippen molar-refractivity contribution in [2.45, 2.75) is 19.3 Å². The average molecular weight is 354 g/mol. The van der Waals surface area contributed by atoms with E-state index in [0.717, 1.165) is 24.3 Å². The Morgan fingerprint density at radius 2 is 1.48 bits per heavy atom. The average Bonchev–Trinajstić information content (AvgIpc) is 3.21. The summed E-state index contributed by atoms with van der Waals surface area (Å²) in [5.41, 5.74) is 5.40. The van der Waals surface area contributed by atoms with E-state index >= 15 is 0 Å². The van der Waals surface area contributed by atoms with Crippen LogP contribution in [0.15, 0.2) is 60.7 Å². The Bertz CT molecular complexity index is 1170. The Balaban J connectivity index is 1.92. The lowest BCUT2D eigenvalue weighted by Crippen LogP contribution is -1.96. The third-order valence-corrected chi connectivity index (χ3v) is 5.80. The second kappa shape index (κ2) is 6.31. The topological polar surface area (TPSA) is 18.5 Å². The Kier molecular flexibility index (Phi) is 3.78. The zero-order chi connectivity index (χ0) is 18.4. The van der Waals surface area contributed by atoms with Gasteiger partial charge >= 0.3 is 0 Å². The van der Waals surface area contributed by atoms with Gasteiger partial charge in [-0.1, -0.05) is 42.5 Å². The van der Waals surface area contributed by atoms with E-state index in [0.29, 0.717) is 0 Å². The zero-order valence-corrected chi connectivity index (χ0v) is 15.7. The van der Waals surface area contributed by atoms with E-state index < -0.39 is 0 Å². The molecule has 2 heteroatoms. The van der Waals surface area contributed by atoms with Crippen LogP contribution in [0.25, 0.3) is 32.7 Å². The van der Waals surface area contributed by atoms with Crippen molar-refractivity contribution in [3.8, 4) is 22.6 Å². The molecule has 0 spiro atoms. The maximum atomic E-state index is 5.80. The van der Waals surface area contributed by atoms with Crippen molar-refractivity contribution >= 4 is 21.5 Å². The molecule has 0 aliphatic heterocycles. The van der Waals surface area contributed by atoms with Crippen LogP contribution in [-0.4, -0.2) is 14.2 Å². The number of methoxy groups -OCH3 is 2. The second-order valence-corrected chi connectivity index (χ2v) is 7.16. The number of hydrogen-bond acceptors (Lipinski definition) is 2. The SMILES string of the molecule is COc1ccc2ccccc2c1-c1cc2cccc(OC)c2c2c1CCC2. The minimum Gasteiger partial charge on any atom is -0.496 e. The van der Waals surface area contributed by atoms with Gasteiger partial charge < -0.3 is 9.47 Å². The van der Waals surface area contributed by atoms with Gasteiger partial charge in [-0.25, -0.2) is 0 Å². The van der Waals surface area contributed by atoms with Gasteiger partial charge in [0.25, 0.3) is 0 Å². The third-order valence-electron chi connectivity index (χ3n) is 5.80. The van der Waals surface area contributed by atoms with Crippen molar-refractivity contribution < 1.29 is 9.47 Å². The van der Waals surface area contributed by atoms with Gasteiger partial charge in [0.05, 0.1) is 14.2 Å². The molecule has 5 rings (SSSR count). The Morgan fingerprint density at radius 1 is 0.704 bits per heavy atom. The molecule has 0 bridgehead atoms. The molecule has 0 radical (unpaired) electrons. The first-order chi connectivity index (χ1) is 13.3. The molecule has 1 aliphatic rings. The first-order valence-electron chi connectivity index (χ1n) is 9.49. The lowest BCUT2D eigenvalue weighted by atomic mass is 9.88. The molecule has 2 nitrogen and oxygen atoms in total. The van der Waals surface area contributed by atoms with Crippen LogP contribution in [0.2, 0.25) is 0 Å². The molecule has 0 N–H and O–H groups in total. The van der Waals surface area contributed by atoms with Gasteiger partial charge in [-0.05, 0) is 70.3 Å². The highest BCUT2D eigenvalue weighted by atomic mass is 16.5. The highest BCUT2D eigenvalue weighted by Gasteiger charge is 2.23. The molecule has 0 aromatic heterocycles. The number of hydrogen-bond donors (Lipinski definition) is 0. The normalized spacial score (nSPS) is 13.1. The summed E-state index contributed by atoms with van der Waals surface area (Å²) in [5, 5.41) is 4.99.